The van der Waals surface area contributed by atoms with E-state index in [0.29, 0.717) is 23.1 Å². The average molecular weight is 503 g/mol. The average Bonchev–Trinajstić information content (AvgIpc) is 3.36. The Bertz CT molecular complexity index is 1140. The quantitative estimate of drug-likeness (QED) is 0.399. The van der Waals surface area contributed by atoms with Crippen LogP contribution in [0.3, 0.4) is 0 Å². The topological polar surface area (TPSA) is 101 Å². The molecule has 9 heteroatoms. The van der Waals surface area contributed by atoms with E-state index in [9.17, 15) is 15.2 Å². The smallest absolute Gasteiger partial charge is 0.311 e. The highest BCUT2D eigenvalue weighted by Crippen LogP contribution is 2.69. The molecule has 1 aromatic heterocycles. The summed E-state index contributed by atoms with van der Waals surface area (Å²) in [6.07, 6.45) is 2.90. The monoisotopic (exact) mass is 502 g/mol. The van der Waals surface area contributed by atoms with E-state index in [2.05, 4.69) is 25.8 Å². The molecule has 2 fully saturated rings. The molecule has 1 aliphatic heterocycles. The number of esters is 1. The fraction of sp³-hybridized carbons (Fsp3) is 0.538. The second-order valence-corrected chi connectivity index (χ2v) is 11.2. The zero-order valence-corrected chi connectivity index (χ0v) is 21.1. The lowest BCUT2D eigenvalue weighted by atomic mass is 9.70. The molecule has 0 amide bonds. The first kappa shape index (κ1) is 24.6. The van der Waals surface area contributed by atoms with Gasteiger partial charge in [0.2, 0.25) is 0 Å². The molecule has 35 heavy (non-hydrogen) atoms. The summed E-state index contributed by atoms with van der Waals surface area (Å²) in [5, 5.41) is 19.2. The van der Waals surface area contributed by atoms with Crippen LogP contribution in [0, 0.1) is 29.6 Å². The van der Waals surface area contributed by atoms with E-state index >= 15 is 0 Å². The van der Waals surface area contributed by atoms with Crippen LogP contribution in [-0.2, 0) is 21.0 Å². The van der Waals surface area contributed by atoms with Gasteiger partial charge in [0.25, 0.3) is 0 Å². The van der Waals surface area contributed by atoms with Gasteiger partial charge in [-0.2, -0.15) is 0 Å². The lowest BCUT2D eigenvalue weighted by Crippen LogP contribution is -2.43. The van der Waals surface area contributed by atoms with Gasteiger partial charge in [-0.3, -0.25) is 20.2 Å². The number of carbonyl (C=O) groups excluding carboxylic acids is 1. The summed E-state index contributed by atoms with van der Waals surface area (Å²) in [7, 11) is 0. The van der Waals surface area contributed by atoms with Crippen molar-refractivity contribution in [2.24, 2.45) is 22.7 Å². The van der Waals surface area contributed by atoms with E-state index in [1.165, 1.54) is 0 Å². The van der Waals surface area contributed by atoms with Crippen molar-refractivity contribution in [2.75, 3.05) is 0 Å². The first-order valence-corrected chi connectivity index (χ1v) is 12.3. The van der Waals surface area contributed by atoms with E-state index in [0.717, 1.165) is 29.5 Å². The third kappa shape index (κ3) is 3.97. The van der Waals surface area contributed by atoms with Gasteiger partial charge >= 0.3 is 5.97 Å². The molecule has 4 unspecified atom stereocenters. The van der Waals surface area contributed by atoms with Crippen molar-refractivity contribution in [1.29, 1.82) is 0 Å². The van der Waals surface area contributed by atoms with Gasteiger partial charge in [-0.1, -0.05) is 44.5 Å². The Labute approximate surface area is 209 Å². The molecule has 2 bridgehead atoms. The largest absolute Gasteiger partial charge is 0.424 e. The van der Waals surface area contributed by atoms with E-state index in [1.54, 1.807) is 6.20 Å². The molecular formula is C26H31ClN2O6. The molecule has 0 spiro atoms. The van der Waals surface area contributed by atoms with Crippen LogP contribution in [0.15, 0.2) is 30.5 Å². The SMILES string of the molecule is Cc1ncc2c(c1OC(=O)CC1C3CCC(C)(C1ON(O)O)C3(C)C)CO[C@H]2c1ccc(Cl)cc1. The highest BCUT2D eigenvalue weighted by Gasteiger charge is 2.67. The lowest BCUT2D eigenvalue weighted by molar-refractivity contribution is -0.514. The lowest BCUT2D eigenvalue weighted by Gasteiger charge is -2.39. The van der Waals surface area contributed by atoms with Gasteiger partial charge in [0.05, 0.1) is 30.2 Å². The van der Waals surface area contributed by atoms with Crippen LogP contribution in [0.25, 0.3) is 0 Å². The standard InChI is InChI=1S/C26H31ClN2O6/c1-14-22(19-13-33-23(18(19)12-28-14)15-5-7-16(27)8-6-15)34-21(30)11-17-20-9-10-26(4,25(20,2)3)24(17)35-29(31)32/h5-8,12,17,20,23-24,31-32H,9-11,13H2,1-4H3/t17?,20?,23-,24?,26?/m0/s1. The zero-order chi connectivity index (χ0) is 25.1. The maximum absolute atomic E-state index is 13.2. The van der Waals surface area contributed by atoms with Gasteiger partial charge in [0.1, 0.15) is 6.10 Å². The molecule has 0 radical (unpaired) electrons. The summed E-state index contributed by atoms with van der Waals surface area (Å²) in [6.45, 7) is 8.54. The Kier molecular flexibility index (Phi) is 6.19. The van der Waals surface area contributed by atoms with Gasteiger partial charge in [0, 0.05) is 33.7 Å². The third-order valence-corrected chi connectivity index (χ3v) is 9.18. The van der Waals surface area contributed by atoms with Crippen molar-refractivity contribution in [2.45, 2.75) is 65.8 Å². The first-order chi connectivity index (χ1) is 16.5. The first-order valence-electron chi connectivity index (χ1n) is 11.9. The summed E-state index contributed by atoms with van der Waals surface area (Å²) in [6, 6.07) is 7.46. The molecule has 5 rings (SSSR count). The summed E-state index contributed by atoms with van der Waals surface area (Å²) in [5.41, 5.74) is 2.83. The minimum atomic E-state index is -0.517. The molecule has 188 valence electrons. The van der Waals surface area contributed by atoms with Gasteiger partial charge in [-0.15, -0.1) is 0 Å². The molecule has 0 saturated heterocycles. The summed E-state index contributed by atoms with van der Waals surface area (Å²) < 4.78 is 12.0. The van der Waals surface area contributed by atoms with Crippen LogP contribution < -0.4 is 4.74 Å². The number of aromatic nitrogens is 1. The minimum absolute atomic E-state index is 0.104. The van der Waals surface area contributed by atoms with Crippen molar-refractivity contribution in [3.63, 3.8) is 0 Å². The van der Waals surface area contributed by atoms with Crippen molar-refractivity contribution < 1.29 is 29.5 Å². The van der Waals surface area contributed by atoms with Crippen LogP contribution in [0.1, 0.15) is 68.5 Å². The number of rotatable bonds is 6. The molecule has 2 aliphatic carbocycles. The summed E-state index contributed by atoms with van der Waals surface area (Å²) in [4.78, 5) is 23.1. The molecule has 2 heterocycles. The Morgan fingerprint density at radius 2 is 1.97 bits per heavy atom. The number of ether oxygens (including phenoxy) is 2. The second kappa shape index (κ2) is 8.80. The molecule has 2 saturated carbocycles. The predicted molar refractivity (Wildman–Crippen MR) is 126 cm³/mol. The van der Waals surface area contributed by atoms with Crippen LogP contribution in [0.4, 0.5) is 0 Å². The Morgan fingerprint density at radius 1 is 1.26 bits per heavy atom. The van der Waals surface area contributed by atoms with E-state index in [1.807, 2.05) is 31.2 Å². The van der Waals surface area contributed by atoms with Crippen molar-refractivity contribution in [3.05, 3.63) is 57.9 Å². The Balaban J connectivity index is 1.38. The van der Waals surface area contributed by atoms with Gasteiger partial charge < -0.3 is 9.47 Å². The number of halogens is 1. The van der Waals surface area contributed by atoms with Crippen molar-refractivity contribution in [3.8, 4) is 5.75 Å². The molecule has 2 N–H and O–H groups in total. The molecule has 5 atom stereocenters. The van der Waals surface area contributed by atoms with E-state index < -0.39 is 12.1 Å². The highest BCUT2D eigenvalue weighted by atomic mass is 35.5. The number of hydrogen-bond donors (Lipinski definition) is 2. The maximum atomic E-state index is 13.2. The molecule has 1 aromatic carbocycles. The van der Waals surface area contributed by atoms with Crippen LogP contribution in [0.5, 0.6) is 5.75 Å². The number of nitrogens with zero attached hydrogens (tertiary/aromatic N) is 2. The fourth-order valence-electron chi connectivity index (χ4n) is 6.73. The number of fused-ring (bicyclic) bond motifs is 3. The van der Waals surface area contributed by atoms with Gasteiger partial charge in [-0.05, 0) is 48.8 Å². The fourth-order valence-corrected chi connectivity index (χ4v) is 6.86. The Morgan fingerprint density at radius 3 is 2.66 bits per heavy atom. The number of carbonyl (C=O) groups is 1. The number of aryl methyl sites for hydroxylation is 1. The second-order valence-electron chi connectivity index (χ2n) is 10.8. The van der Waals surface area contributed by atoms with Gasteiger partial charge in [0.15, 0.2) is 5.75 Å². The molecule has 2 aromatic rings. The summed E-state index contributed by atoms with van der Waals surface area (Å²) in [5.74, 6) is 0.0247. The molecular weight excluding hydrogens is 472 g/mol. The number of benzene rings is 1. The maximum Gasteiger partial charge on any atom is 0.311 e. The number of hydrogen-bond acceptors (Lipinski definition) is 8. The van der Waals surface area contributed by atoms with Crippen LogP contribution >= 0.6 is 11.6 Å². The Hall–Kier alpha value is -2.07. The minimum Gasteiger partial charge on any atom is -0.424 e. The van der Waals surface area contributed by atoms with Crippen molar-refractivity contribution in [1.82, 2.24) is 10.4 Å². The van der Waals surface area contributed by atoms with E-state index in [4.69, 9.17) is 25.9 Å². The van der Waals surface area contributed by atoms with Crippen molar-refractivity contribution >= 4 is 17.6 Å². The van der Waals surface area contributed by atoms with Crippen LogP contribution in [0.2, 0.25) is 5.02 Å². The third-order valence-electron chi connectivity index (χ3n) is 8.93. The number of pyridine rings is 1. The van der Waals surface area contributed by atoms with Gasteiger partial charge in [-0.25, -0.2) is 4.84 Å². The zero-order valence-electron chi connectivity index (χ0n) is 20.3. The normalized spacial score (nSPS) is 30.6. The highest BCUT2D eigenvalue weighted by molar-refractivity contribution is 6.30. The predicted octanol–water partition coefficient (Wildman–Crippen LogP) is 5.41. The molecule has 3 aliphatic rings. The summed E-state index contributed by atoms with van der Waals surface area (Å²) >= 11 is 6.03. The van der Waals surface area contributed by atoms with Crippen LogP contribution in [-0.4, -0.2) is 32.9 Å². The molecule has 8 nitrogen and oxygen atoms in total. The van der Waals surface area contributed by atoms with E-state index in [-0.39, 0.29) is 40.6 Å².